The maximum absolute atomic E-state index is 12.3. The second-order valence-corrected chi connectivity index (χ2v) is 5.82. The summed E-state index contributed by atoms with van der Waals surface area (Å²) in [6.07, 6.45) is -0.994. The van der Waals surface area contributed by atoms with Gasteiger partial charge in [0, 0.05) is 5.69 Å². The van der Waals surface area contributed by atoms with Crippen LogP contribution in [0.15, 0.2) is 16.7 Å². The molecule has 1 aromatic heterocycles. The number of aromatic nitrogens is 1. The van der Waals surface area contributed by atoms with Crippen molar-refractivity contribution >= 4 is 23.4 Å². The Morgan fingerprint density at radius 3 is 2.29 bits per heavy atom. The van der Waals surface area contributed by atoms with Gasteiger partial charge in [-0.15, -0.1) is 0 Å². The van der Waals surface area contributed by atoms with Crippen molar-refractivity contribution in [3.8, 4) is 0 Å². The summed E-state index contributed by atoms with van der Waals surface area (Å²) >= 11 is 0. The van der Waals surface area contributed by atoms with E-state index in [0.29, 0.717) is 11.4 Å². The second-order valence-electron chi connectivity index (χ2n) is 5.82. The Morgan fingerprint density at radius 1 is 1.21 bits per heavy atom. The Morgan fingerprint density at radius 2 is 1.79 bits per heavy atom. The summed E-state index contributed by atoms with van der Waals surface area (Å²) < 4.78 is 9.89. The lowest BCUT2D eigenvalue weighted by Crippen LogP contribution is -2.30. The number of benzene rings is 1. The van der Waals surface area contributed by atoms with Crippen molar-refractivity contribution in [2.75, 3.05) is 11.1 Å². The molecular weight excluding hydrogens is 310 g/mol. The van der Waals surface area contributed by atoms with Crippen LogP contribution in [0.1, 0.15) is 39.7 Å². The van der Waals surface area contributed by atoms with E-state index in [-0.39, 0.29) is 11.4 Å². The smallest absolute Gasteiger partial charge is 0.346 e. The van der Waals surface area contributed by atoms with Gasteiger partial charge in [0.2, 0.25) is 5.88 Å². The number of nitrogen functional groups attached to an aromatic ring is 1. The van der Waals surface area contributed by atoms with Crippen LogP contribution in [0.3, 0.4) is 0 Å². The lowest BCUT2D eigenvalue weighted by atomic mass is 10.0. The Kier molecular flexibility index (Phi) is 4.92. The molecule has 1 amide bonds. The summed E-state index contributed by atoms with van der Waals surface area (Å²) in [5, 5.41) is 6.39. The number of hydrogen-bond acceptors (Lipinski definition) is 6. The molecule has 0 radical (unpaired) electrons. The maximum Gasteiger partial charge on any atom is 0.346 e. The number of ether oxygens (including phenoxy) is 1. The van der Waals surface area contributed by atoms with Crippen molar-refractivity contribution < 1.29 is 18.8 Å². The first-order valence-corrected chi connectivity index (χ1v) is 7.52. The molecule has 3 N–H and O–H groups in total. The second kappa shape index (κ2) is 6.74. The molecule has 7 heteroatoms. The molecule has 128 valence electrons. The van der Waals surface area contributed by atoms with Crippen LogP contribution in [-0.4, -0.2) is 23.1 Å². The summed E-state index contributed by atoms with van der Waals surface area (Å²) in [6.45, 7) is 8.87. The third-order valence-corrected chi connectivity index (χ3v) is 3.67. The van der Waals surface area contributed by atoms with Gasteiger partial charge in [-0.3, -0.25) is 4.79 Å². The molecule has 1 atom stereocenters. The van der Waals surface area contributed by atoms with Crippen molar-refractivity contribution in [3.63, 3.8) is 0 Å². The highest BCUT2D eigenvalue weighted by molar-refractivity contribution is 6.00. The topological polar surface area (TPSA) is 107 Å². The van der Waals surface area contributed by atoms with Crippen LogP contribution in [0.2, 0.25) is 0 Å². The first-order chi connectivity index (χ1) is 11.2. The van der Waals surface area contributed by atoms with Crippen molar-refractivity contribution in [2.24, 2.45) is 0 Å². The third-order valence-electron chi connectivity index (χ3n) is 3.67. The number of rotatable bonds is 4. The van der Waals surface area contributed by atoms with Gasteiger partial charge < -0.3 is 20.3 Å². The van der Waals surface area contributed by atoms with Crippen LogP contribution in [0, 0.1) is 27.7 Å². The SMILES string of the molecule is Cc1cc(C)c(NC(=O)[C@@H](C)OC(=O)c2c(C)noc2N)c(C)c1. The molecule has 0 spiro atoms. The fraction of sp³-hybridized carbons (Fsp3) is 0.353. The summed E-state index contributed by atoms with van der Waals surface area (Å²) in [7, 11) is 0. The van der Waals surface area contributed by atoms with E-state index in [4.69, 9.17) is 15.0 Å². The highest BCUT2D eigenvalue weighted by Crippen LogP contribution is 2.23. The van der Waals surface area contributed by atoms with Crippen molar-refractivity contribution in [1.82, 2.24) is 5.16 Å². The minimum absolute atomic E-state index is 0.0392. The highest BCUT2D eigenvalue weighted by Gasteiger charge is 2.25. The molecule has 1 heterocycles. The zero-order valence-corrected chi connectivity index (χ0v) is 14.4. The van der Waals surface area contributed by atoms with Crippen LogP contribution in [-0.2, 0) is 9.53 Å². The largest absolute Gasteiger partial charge is 0.449 e. The van der Waals surface area contributed by atoms with Gasteiger partial charge in [0.25, 0.3) is 5.91 Å². The van der Waals surface area contributed by atoms with E-state index in [0.717, 1.165) is 16.7 Å². The Bertz CT molecular complexity index is 753. The van der Waals surface area contributed by atoms with Gasteiger partial charge in [-0.05, 0) is 45.7 Å². The number of nitrogens with zero attached hydrogens (tertiary/aromatic N) is 1. The van der Waals surface area contributed by atoms with Crippen LogP contribution >= 0.6 is 0 Å². The summed E-state index contributed by atoms with van der Waals surface area (Å²) in [6, 6.07) is 3.95. The fourth-order valence-corrected chi connectivity index (χ4v) is 2.51. The van der Waals surface area contributed by atoms with Crippen molar-refractivity contribution in [3.05, 3.63) is 40.1 Å². The Balaban J connectivity index is 2.09. The van der Waals surface area contributed by atoms with Crippen molar-refractivity contribution in [1.29, 1.82) is 0 Å². The number of aryl methyl sites for hydroxylation is 4. The average Bonchev–Trinajstić information content (AvgIpc) is 2.81. The van der Waals surface area contributed by atoms with E-state index >= 15 is 0 Å². The van der Waals surface area contributed by atoms with E-state index < -0.39 is 18.0 Å². The summed E-state index contributed by atoms with van der Waals surface area (Å²) in [5.41, 5.74) is 9.61. The molecule has 2 aromatic rings. The van der Waals surface area contributed by atoms with Crippen LogP contribution in [0.25, 0.3) is 0 Å². The quantitative estimate of drug-likeness (QED) is 0.834. The molecule has 24 heavy (non-hydrogen) atoms. The summed E-state index contributed by atoms with van der Waals surface area (Å²) in [5.74, 6) is -1.30. The highest BCUT2D eigenvalue weighted by atomic mass is 16.5. The standard InChI is InChI=1S/C17H21N3O4/c1-8-6-9(2)14(10(3)7-8)19-16(21)12(5)23-17(22)13-11(4)20-24-15(13)18/h6-7,12H,18H2,1-5H3,(H,19,21)/t12-/m1/s1. The van der Waals surface area contributed by atoms with Gasteiger partial charge >= 0.3 is 5.97 Å². The van der Waals surface area contributed by atoms with Gasteiger partial charge in [-0.1, -0.05) is 22.9 Å². The predicted molar refractivity (Wildman–Crippen MR) is 89.8 cm³/mol. The van der Waals surface area contributed by atoms with E-state index in [1.54, 1.807) is 6.92 Å². The lowest BCUT2D eigenvalue weighted by Gasteiger charge is -2.16. The van der Waals surface area contributed by atoms with Crippen molar-refractivity contribution in [2.45, 2.75) is 40.7 Å². The summed E-state index contributed by atoms with van der Waals surface area (Å²) in [4.78, 5) is 24.4. The number of carbonyl (C=O) groups excluding carboxylic acids is 2. The number of nitrogens with two attached hydrogens (primary N) is 1. The van der Waals surface area contributed by atoms with Gasteiger partial charge in [-0.2, -0.15) is 0 Å². The van der Waals surface area contributed by atoms with Crippen LogP contribution < -0.4 is 11.1 Å². The van der Waals surface area contributed by atoms with Gasteiger partial charge in [0.05, 0.1) is 5.69 Å². The fourth-order valence-electron chi connectivity index (χ4n) is 2.51. The molecule has 2 rings (SSSR count). The monoisotopic (exact) mass is 331 g/mol. The predicted octanol–water partition coefficient (Wildman–Crippen LogP) is 2.67. The molecule has 0 unspecified atom stereocenters. The number of esters is 1. The van der Waals surface area contributed by atoms with Gasteiger partial charge in [-0.25, -0.2) is 4.79 Å². The number of hydrogen-bond donors (Lipinski definition) is 2. The van der Waals surface area contributed by atoms with Gasteiger partial charge in [0.1, 0.15) is 5.56 Å². The Labute approximate surface area is 140 Å². The van der Waals surface area contributed by atoms with Gasteiger partial charge in [0.15, 0.2) is 6.10 Å². The molecule has 0 aliphatic heterocycles. The van der Waals surface area contributed by atoms with Crippen LogP contribution in [0.4, 0.5) is 11.6 Å². The molecule has 0 saturated heterocycles. The molecule has 1 aromatic carbocycles. The third kappa shape index (κ3) is 3.56. The molecule has 0 aliphatic rings. The molecule has 0 aliphatic carbocycles. The zero-order chi connectivity index (χ0) is 18.0. The minimum Gasteiger partial charge on any atom is -0.449 e. The average molecular weight is 331 g/mol. The minimum atomic E-state index is -0.994. The van der Waals surface area contributed by atoms with E-state index in [1.807, 2.05) is 32.9 Å². The molecule has 0 bridgehead atoms. The molecule has 7 nitrogen and oxygen atoms in total. The Hall–Kier alpha value is -2.83. The van der Waals surface area contributed by atoms with E-state index in [9.17, 15) is 9.59 Å². The zero-order valence-electron chi connectivity index (χ0n) is 14.4. The number of nitrogens with one attached hydrogen (secondary N) is 1. The lowest BCUT2D eigenvalue weighted by molar-refractivity contribution is -0.123. The van der Waals surface area contributed by atoms with E-state index in [1.165, 1.54) is 6.92 Å². The molecule has 0 fully saturated rings. The number of carbonyl (C=O) groups is 2. The maximum atomic E-state index is 12.3. The normalized spacial score (nSPS) is 11.9. The first-order valence-electron chi connectivity index (χ1n) is 7.52. The molecular formula is C17H21N3O4. The van der Waals surface area contributed by atoms with Crippen LogP contribution in [0.5, 0.6) is 0 Å². The van der Waals surface area contributed by atoms with E-state index in [2.05, 4.69) is 10.5 Å². The number of amides is 1. The number of anilines is 2. The first kappa shape index (κ1) is 17.5. The molecule has 0 saturated carbocycles.